The number of aromatic nitrogens is 4. The van der Waals surface area contributed by atoms with Crippen LogP contribution in [0.5, 0.6) is 0 Å². The highest BCUT2D eigenvalue weighted by molar-refractivity contribution is 5.87. The fraction of sp³-hybridized carbons (Fsp3) is 0.217. The van der Waals surface area contributed by atoms with Gasteiger partial charge in [-0.25, -0.2) is 14.2 Å². The molecule has 162 valence electrons. The van der Waals surface area contributed by atoms with Crippen LogP contribution in [0.15, 0.2) is 69.3 Å². The van der Waals surface area contributed by atoms with Crippen molar-refractivity contribution in [1.82, 2.24) is 18.7 Å². The van der Waals surface area contributed by atoms with Gasteiger partial charge in [-0.1, -0.05) is 42.5 Å². The SMILES string of the molecule is CC1=NN(Cc2ccccc2)c2nc3c(c(=O)n(Cc4ccc(F)cc4)c(=O)n3C)n2C1. The second-order valence-corrected chi connectivity index (χ2v) is 7.91. The molecule has 4 aromatic rings. The van der Waals surface area contributed by atoms with Crippen LogP contribution in [0.2, 0.25) is 0 Å². The van der Waals surface area contributed by atoms with Gasteiger partial charge in [0.1, 0.15) is 5.82 Å². The Morgan fingerprint density at radius 3 is 2.38 bits per heavy atom. The summed E-state index contributed by atoms with van der Waals surface area (Å²) in [6.07, 6.45) is 0. The molecule has 2 aromatic heterocycles. The van der Waals surface area contributed by atoms with Crippen molar-refractivity contribution in [2.24, 2.45) is 12.1 Å². The highest BCUT2D eigenvalue weighted by Gasteiger charge is 2.26. The summed E-state index contributed by atoms with van der Waals surface area (Å²) in [5.74, 6) is 0.142. The first-order valence-electron chi connectivity index (χ1n) is 10.2. The Kier molecular flexibility index (Phi) is 4.73. The van der Waals surface area contributed by atoms with Crippen molar-refractivity contribution in [1.29, 1.82) is 0 Å². The van der Waals surface area contributed by atoms with Crippen LogP contribution in [0, 0.1) is 5.82 Å². The summed E-state index contributed by atoms with van der Waals surface area (Å²) in [5.41, 5.74) is 2.28. The first-order chi connectivity index (χ1) is 15.4. The number of imidazole rings is 1. The van der Waals surface area contributed by atoms with E-state index in [0.29, 0.717) is 35.8 Å². The zero-order valence-corrected chi connectivity index (χ0v) is 17.7. The normalized spacial score (nSPS) is 13.3. The number of fused-ring (bicyclic) bond motifs is 3. The van der Waals surface area contributed by atoms with Gasteiger partial charge in [-0.05, 0) is 30.2 Å². The van der Waals surface area contributed by atoms with Gasteiger partial charge in [0.25, 0.3) is 5.56 Å². The summed E-state index contributed by atoms with van der Waals surface area (Å²) in [4.78, 5) is 31.0. The van der Waals surface area contributed by atoms with Crippen LogP contribution >= 0.6 is 0 Å². The van der Waals surface area contributed by atoms with Crippen LogP contribution in [0.3, 0.4) is 0 Å². The minimum absolute atomic E-state index is 0.0447. The highest BCUT2D eigenvalue weighted by atomic mass is 19.1. The Morgan fingerprint density at radius 2 is 1.66 bits per heavy atom. The van der Waals surface area contributed by atoms with Crippen LogP contribution in [0.25, 0.3) is 11.2 Å². The third kappa shape index (κ3) is 3.31. The lowest BCUT2D eigenvalue weighted by atomic mass is 10.2. The van der Waals surface area contributed by atoms with E-state index >= 15 is 0 Å². The number of rotatable bonds is 4. The lowest BCUT2D eigenvalue weighted by molar-refractivity contribution is 0.623. The van der Waals surface area contributed by atoms with Gasteiger partial charge < -0.3 is 0 Å². The molecule has 3 heterocycles. The Balaban J connectivity index is 1.66. The third-order valence-corrected chi connectivity index (χ3v) is 5.55. The Labute approximate surface area is 182 Å². The first kappa shape index (κ1) is 19.9. The molecule has 2 aromatic carbocycles. The molecule has 32 heavy (non-hydrogen) atoms. The van der Waals surface area contributed by atoms with E-state index in [2.05, 4.69) is 10.1 Å². The average Bonchev–Trinajstić information content (AvgIpc) is 3.17. The van der Waals surface area contributed by atoms with Gasteiger partial charge in [0.2, 0.25) is 5.95 Å². The molecule has 0 unspecified atom stereocenters. The molecule has 5 rings (SSSR count). The van der Waals surface area contributed by atoms with Gasteiger partial charge in [-0.15, -0.1) is 0 Å². The number of halogens is 1. The smallest absolute Gasteiger partial charge is 0.297 e. The fourth-order valence-electron chi connectivity index (χ4n) is 3.99. The summed E-state index contributed by atoms with van der Waals surface area (Å²) < 4.78 is 17.6. The van der Waals surface area contributed by atoms with E-state index in [1.807, 2.05) is 41.8 Å². The molecule has 1 aliphatic heterocycles. The second kappa shape index (κ2) is 7.60. The Morgan fingerprint density at radius 1 is 0.969 bits per heavy atom. The van der Waals surface area contributed by atoms with Crippen LogP contribution in [-0.2, 0) is 26.7 Å². The average molecular weight is 432 g/mol. The fourth-order valence-corrected chi connectivity index (χ4v) is 3.99. The number of hydrogen-bond donors (Lipinski definition) is 0. The molecule has 0 spiro atoms. The van der Waals surface area contributed by atoms with Crippen molar-refractivity contribution in [2.45, 2.75) is 26.6 Å². The summed E-state index contributed by atoms with van der Waals surface area (Å²) in [6, 6.07) is 15.6. The number of hydrazone groups is 1. The van der Waals surface area contributed by atoms with Gasteiger partial charge >= 0.3 is 5.69 Å². The summed E-state index contributed by atoms with van der Waals surface area (Å²) in [7, 11) is 1.60. The third-order valence-electron chi connectivity index (χ3n) is 5.55. The van der Waals surface area contributed by atoms with Gasteiger partial charge in [0.05, 0.1) is 25.3 Å². The molecule has 0 radical (unpaired) electrons. The molecule has 0 saturated heterocycles. The first-order valence-corrected chi connectivity index (χ1v) is 10.2. The molecular weight excluding hydrogens is 411 g/mol. The van der Waals surface area contributed by atoms with E-state index in [0.717, 1.165) is 15.8 Å². The van der Waals surface area contributed by atoms with Gasteiger partial charge in [0.15, 0.2) is 11.2 Å². The zero-order valence-electron chi connectivity index (χ0n) is 17.7. The monoisotopic (exact) mass is 432 g/mol. The van der Waals surface area contributed by atoms with E-state index in [-0.39, 0.29) is 12.4 Å². The van der Waals surface area contributed by atoms with Crippen LogP contribution in [-0.4, -0.2) is 24.4 Å². The minimum Gasteiger partial charge on any atom is -0.297 e. The summed E-state index contributed by atoms with van der Waals surface area (Å²) >= 11 is 0. The second-order valence-electron chi connectivity index (χ2n) is 7.91. The van der Waals surface area contributed by atoms with Crippen molar-refractivity contribution in [3.8, 4) is 0 Å². The molecule has 0 aliphatic carbocycles. The lowest BCUT2D eigenvalue weighted by Gasteiger charge is -2.24. The molecule has 0 bridgehead atoms. The largest absolute Gasteiger partial charge is 0.332 e. The molecule has 9 heteroatoms. The standard InChI is InChI=1S/C23H21FN6O2/c1-15-12-28-19-20(25-22(28)30(26-15)14-16-6-4-3-5-7-16)27(2)23(32)29(21(19)31)13-17-8-10-18(24)11-9-17/h3-11H,12-14H2,1-2H3. The Bertz CT molecular complexity index is 1470. The predicted octanol–water partition coefficient (Wildman–Crippen LogP) is 2.48. The number of benzene rings is 2. The molecular formula is C23H21FN6O2. The molecule has 0 atom stereocenters. The maximum atomic E-state index is 13.4. The topological polar surface area (TPSA) is 77.4 Å². The Hall–Kier alpha value is -4.01. The molecule has 0 N–H and O–H groups in total. The molecule has 0 saturated carbocycles. The van der Waals surface area contributed by atoms with Crippen molar-refractivity contribution in [3.05, 3.63) is 92.4 Å². The molecule has 0 fully saturated rings. The van der Waals surface area contributed by atoms with Crippen LogP contribution in [0.4, 0.5) is 10.3 Å². The van der Waals surface area contributed by atoms with E-state index < -0.39 is 11.2 Å². The summed E-state index contributed by atoms with van der Waals surface area (Å²) in [5, 5.41) is 6.38. The maximum absolute atomic E-state index is 13.4. The number of anilines is 1. The van der Waals surface area contributed by atoms with E-state index in [1.54, 1.807) is 24.2 Å². The quantitative estimate of drug-likeness (QED) is 0.497. The van der Waals surface area contributed by atoms with Crippen molar-refractivity contribution >= 4 is 22.8 Å². The minimum atomic E-state index is -0.477. The maximum Gasteiger partial charge on any atom is 0.332 e. The van der Waals surface area contributed by atoms with Crippen LogP contribution < -0.4 is 16.3 Å². The lowest BCUT2D eigenvalue weighted by Crippen LogP contribution is -2.40. The molecule has 1 aliphatic rings. The summed E-state index contributed by atoms with van der Waals surface area (Å²) in [6.45, 7) is 2.83. The molecule has 0 amide bonds. The van der Waals surface area contributed by atoms with Crippen molar-refractivity contribution < 1.29 is 4.39 Å². The molecule has 8 nitrogen and oxygen atoms in total. The van der Waals surface area contributed by atoms with E-state index in [4.69, 9.17) is 0 Å². The van der Waals surface area contributed by atoms with Gasteiger partial charge in [0, 0.05) is 7.05 Å². The number of nitrogens with zero attached hydrogens (tertiary/aromatic N) is 6. The number of aryl methyl sites for hydroxylation is 1. The van der Waals surface area contributed by atoms with Crippen molar-refractivity contribution in [3.63, 3.8) is 0 Å². The number of hydrogen-bond acceptors (Lipinski definition) is 5. The van der Waals surface area contributed by atoms with Gasteiger partial charge in [-0.3, -0.25) is 18.5 Å². The van der Waals surface area contributed by atoms with Gasteiger partial charge in [-0.2, -0.15) is 10.1 Å². The zero-order chi connectivity index (χ0) is 22.4. The van der Waals surface area contributed by atoms with E-state index in [9.17, 15) is 14.0 Å². The van der Waals surface area contributed by atoms with Crippen LogP contribution in [0.1, 0.15) is 18.1 Å². The van der Waals surface area contributed by atoms with E-state index in [1.165, 1.54) is 16.7 Å². The highest BCUT2D eigenvalue weighted by Crippen LogP contribution is 2.25. The predicted molar refractivity (Wildman–Crippen MR) is 120 cm³/mol. The van der Waals surface area contributed by atoms with Crippen molar-refractivity contribution in [2.75, 3.05) is 5.01 Å².